The number of aryl methyl sites for hydroxylation is 1. The van der Waals surface area contributed by atoms with Crippen LogP contribution in [0.4, 0.5) is 5.13 Å². The minimum Gasteiger partial charge on any atom is -0.360 e. The van der Waals surface area contributed by atoms with Crippen LogP contribution in [-0.2, 0) is 0 Å². The van der Waals surface area contributed by atoms with E-state index in [0.717, 1.165) is 30.3 Å². The van der Waals surface area contributed by atoms with Crippen molar-refractivity contribution in [3.63, 3.8) is 0 Å². The predicted octanol–water partition coefficient (Wildman–Crippen LogP) is 1.39. The zero-order valence-corrected chi connectivity index (χ0v) is 8.90. The van der Waals surface area contributed by atoms with E-state index in [9.17, 15) is 0 Å². The summed E-state index contributed by atoms with van der Waals surface area (Å²) >= 11 is 1.40. The SMILES string of the molecule is Cc1nsc(NCCCC(C)N)n1. The molecule has 1 unspecified atom stereocenters. The normalized spacial score (nSPS) is 12.8. The van der Waals surface area contributed by atoms with E-state index in [0.29, 0.717) is 0 Å². The second-order valence-corrected chi connectivity index (χ2v) is 3.94. The van der Waals surface area contributed by atoms with Crippen LogP contribution in [0.15, 0.2) is 0 Å². The van der Waals surface area contributed by atoms with Gasteiger partial charge >= 0.3 is 0 Å². The van der Waals surface area contributed by atoms with Gasteiger partial charge in [-0.25, -0.2) is 4.98 Å². The van der Waals surface area contributed by atoms with Crippen LogP contribution >= 0.6 is 11.5 Å². The highest BCUT2D eigenvalue weighted by Gasteiger charge is 1.98. The summed E-state index contributed by atoms with van der Waals surface area (Å²) in [5, 5.41) is 4.11. The van der Waals surface area contributed by atoms with Gasteiger partial charge in [0.15, 0.2) is 0 Å². The predicted molar refractivity (Wildman–Crippen MR) is 56.0 cm³/mol. The minimum atomic E-state index is 0.290. The Kier molecular flexibility index (Phi) is 4.11. The molecule has 0 bridgehead atoms. The van der Waals surface area contributed by atoms with Crippen LogP contribution in [0.2, 0.25) is 0 Å². The molecule has 5 heteroatoms. The first kappa shape index (κ1) is 10.4. The van der Waals surface area contributed by atoms with Gasteiger partial charge in [0, 0.05) is 24.1 Å². The van der Waals surface area contributed by atoms with Crippen LogP contribution in [0, 0.1) is 6.92 Å². The largest absolute Gasteiger partial charge is 0.360 e. The maximum absolute atomic E-state index is 5.62. The topological polar surface area (TPSA) is 63.8 Å². The van der Waals surface area contributed by atoms with Gasteiger partial charge in [-0.2, -0.15) is 4.37 Å². The van der Waals surface area contributed by atoms with Crippen molar-refractivity contribution < 1.29 is 0 Å². The first-order valence-electron chi connectivity index (χ1n) is 4.48. The van der Waals surface area contributed by atoms with E-state index >= 15 is 0 Å². The Morgan fingerprint density at radius 1 is 1.62 bits per heavy atom. The quantitative estimate of drug-likeness (QED) is 0.705. The molecule has 0 radical (unpaired) electrons. The van der Waals surface area contributed by atoms with Crippen molar-refractivity contribution in [1.29, 1.82) is 0 Å². The molecule has 0 saturated carbocycles. The highest BCUT2D eigenvalue weighted by atomic mass is 32.1. The Morgan fingerprint density at radius 2 is 2.38 bits per heavy atom. The van der Waals surface area contributed by atoms with Crippen LogP contribution < -0.4 is 11.1 Å². The molecule has 13 heavy (non-hydrogen) atoms. The third-order valence-corrected chi connectivity index (χ3v) is 2.40. The fraction of sp³-hybridized carbons (Fsp3) is 0.750. The third-order valence-electron chi connectivity index (χ3n) is 1.64. The van der Waals surface area contributed by atoms with Crippen molar-refractivity contribution in [2.45, 2.75) is 32.7 Å². The molecule has 4 nitrogen and oxygen atoms in total. The number of nitrogens with two attached hydrogens (primary N) is 1. The van der Waals surface area contributed by atoms with E-state index in [4.69, 9.17) is 5.73 Å². The highest BCUT2D eigenvalue weighted by Crippen LogP contribution is 2.09. The minimum absolute atomic E-state index is 0.290. The van der Waals surface area contributed by atoms with Crippen LogP contribution in [0.5, 0.6) is 0 Å². The van der Waals surface area contributed by atoms with Gasteiger partial charge in [0.05, 0.1) is 0 Å². The maximum atomic E-state index is 5.62. The third kappa shape index (κ3) is 4.19. The molecule has 0 aliphatic heterocycles. The molecule has 1 aromatic rings. The van der Waals surface area contributed by atoms with Gasteiger partial charge in [-0.1, -0.05) is 0 Å². The lowest BCUT2D eigenvalue weighted by Gasteiger charge is -2.04. The Labute approximate surface area is 82.7 Å². The fourth-order valence-electron chi connectivity index (χ4n) is 0.988. The van der Waals surface area contributed by atoms with Crippen LogP contribution in [0.1, 0.15) is 25.6 Å². The van der Waals surface area contributed by atoms with Crippen molar-refractivity contribution in [2.24, 2.45) is 5.73 Å². The summed E-state index contributed by atoms with van der Waals surface area (Å²) < 4.78 is 4.07. The number of hydrogen-bond donors (Lipinski definition) is 2. The summed E-state index contributed by atoms with van der Waals surface area (Å²) in [5.74, 6) is 0.833. The Morgan fingerprint density at radius 3 is 2.92 bits per heavy atom. The average molecular weight is 200 g/mol. The van der Waals surface area contributed by atoms with Gasteiger partial charge < -0.3 is 11.1 Å². The van der Waals surface area contributed by atoms with E-state index in [1.807, 2.05) is 13.8 Å². The van der Waals surface area contributed by atoms with Crippen molar-refractivity contribution >= 4 is 16.7 Å². The summed E-state index contributed by atoms with van der Waals surface area (Å²) in [5.41, 5.74) is 5.62. The van der Waals surface area contributed by atoms with Crippen molar-refractivity contribution in [3.05, 3.63) is 5.82 Å². The van der Waals surface area contributed by atoms with Gasteiger partial charge in [0.1, 0.15) is 5.82 Å². The number of aromatic nitrogens is 2. The molecule has 1 heterocycles. The van der Waals surface area contributed by atoms with Crippen LogP contribution in [0.25, 0.3) is 0 Å². The lowest BCUT2D eigenvalue weighted by molar-refractivity contribution is 0.639. The van der Waals surface area contributed by atoms with E-state index in [1.54, 1.807) is 0 Å². The molecule has 0 fully saturated rings. The molecule has 0 amide bonds. The molecule has 3 N–H and O–H groups in total. The standard InChI is InChI=1S/C8H16N4S/c1-6(9)4-3-5-10-8-11-7(2)12-13-8/h6H,3-5,9H2,1-2H3,(H,10,11,12). The Balaban J connectivity index is 2.13. The van der Waals surface area contributed by atoms with Gasteiger partial charge in [-0.3, -0.25) is 0 Å². The van der Waals surface area contributed by atoms with E-state index in [2.05, 4.69) is 14.7 Å². The lowest BCUT2D eigenvalue weighted by Crippen LogP contribution is -2.16. The maximum Gasteiger partial charge on any atom is 0.202 e. The number of nitrogens with zero attached hydrogens (tertiary/aromatic N) is 2. The first-order valence-corrected chi connectivity index (χ1v) is 5.25. The molecule has 0 aliphatic rings. The van der Waals surface area contributed by atoms with Crippen LogP contribution in [-0.4, -0.2) is 21.9 Å². The average Bonchev–Trinajstić information content (AvgIpc) is 2.45. The van der Waals surface area contributed by atoms with Crippen molar-refractivity contribution in [2.75, 3.05) is 11.9 Å². The molecular weight excluding hydrogens is 184 g/mol. The Hall–Kier alpha value is -0.680. The second kappa shape index (κ2) is 5.14. The first-order chi connectivity index (χ1) is 6.18. The van der Waals surface area contributed by atoms with Gasteiger partial charge in [0.25, 0.3) is 0 Å². The molecule has 1 atom stereocenters. The van der Waals surface area contributed by atoms with E-state index in [1.165, 1.54) is 11.5 Å². The lowest BCUT2D eigenvalue weighted by atomic mass is 10.2. The summed E-state index contributed by atoms with van der Waals surface area (Å²) in [6.45, 7) is 4.84. The van der Waals surface area contributed by atoms with E-state index < -0.39 is 0 Å². The summed E-state index contributed by atoms with van der Waals surface area (Å²) in [4.78, 5) is 4.19. The second-order valence-electron chi connectivity index (χ2n) is 3.19. The number of hydrogen-bond acceptors (Lipinski definition) is 5. The molecule has 1 rings (SSSR count). The molecule has 0 aromatic carbocycles. The number of nitrogens with one attached hydrogen (secondary N) is 1. The van der Waals surface area contributed by atoms with E-state index in [-0.39, 0.29) is 6.04 Å². The summed E-state index contributed by atoms with van der Waals surface area (Å²) in [6, 6.07) is 0.290. The molecule has 0 saturated heterocycles. The smallest absolute Gasteiger partial charge is 0.202 e. The Bertz CT molecular complexity index is 246. The summed E-state index contributed by atoms with van der Waals surface area (Å²) in [6.07, 6.45) is 2.13. The zero-order chi connectivity index (χ0) is 9.68. The molecule has 0 spiro atoms. The number of anilines is 1. The molecular formula is C8H16N4S. The monoisotopic (exact) mass is 200 g/mol. The number of rotatable bonds is 5. The van der Waals surface area contributed by atoms with Crippen LogP contribution in [0.3, 0.4) is 0 Å². The molecule has 1 aromatic heterocycles. The van der Waals surface area contributed by atoms with Gasteiger partial charge in [0.2, 0.25) is 5.13 Å². The highest BCUT2D eigenvalue weighted by molar-refractivity contribution is 7.09. The molecule has 74 valence electrons. The van der Waals surface area contributed by atoms with Crippen molar-refractivity contribution in [1.82, 2.24) is 9.36 Å². The van der Waals surface area contributed by atoms with Gasteiger partial charge in [-0.15, -0.1) is 0 Å². The fourth-order valence-corrected chi connectivity index (χ4v) is 1.59. The molecule has 0 aliphatic carbocycles. The zero-order valence-electron chi connectivity index (χ0n) is 8.08. The summed E-state index contributed by atoms with van der Waals surface area (Å²) in [7, 11) is 0. The van der Waals surface area contributed by atoms with Crippen molar-refractivity contribution in [3.8, 4) is 0 Å². The van der Waals surface area contributed by atoms with Gasteiger partial charge in [-0.05, 0) is 26.7 Å².